The van der Waals surface area contributed by atoms with E-state index in [0.29, 0.717) is 18.5 Å². The van der Waals surface area contributed by atoms with Crippen LogP contribution in [0.1, 0.15) is 16.8 Å². The lowest BCUT2D eigenvalue weighted by atomic mass is 10.1. The summed E-state index contributed by atoms with van der Waals surface area (Å²) in [5, 5.41) is 18.9. The molecule has 2 rings (SSSR count). The van der Waals surface area contributed by atoms with E-state index in [1.54, 1.807) is 18.3 Å². The number of aliphatic hydroxyl groups is 1. The molecule has 5 heteroatoms. The Hall–Kier alpha value is -1.88. The van der Waals surface area contributed by atoms with Crippen LogP contribution in [0.15, 0.2) is 24.4 Å². The third-order valence-corrected chi connectivity index (χ3v) is 2.32. The Bertz CT molecular complexity index is 493. The number of aromatic nitrogens is 2. The summed E-state index contributed by atoms with van der Waals surface area (Å²) in [7, 11) is 0. The van der Waals surface area contributed by atoms with E-state index in [9.17, 15) is 4.79 Å². The first-order chi connectivity index (χ1) is 7.81. The van der Waals surface area contributed by atoms with E-state index in [1.165, 1.54) is 0 Å². The molecule has 0 bridgehead atoms. The Morgan fingerprint density at radius 1 is 1.50 bits per heavy atom. The lowest BCUT2D eigenvalue weighted by molar-refractivity contribution is 0.0951. The Kier molecular flexibility index (Phi) is 3.16. The third kappa shape index (κ3) is 2.20. The molecule has 1 aromatic heterocycles. The van der Waals surface area contributed by atoms with Gasteiger partial charge in [0.2, 0.25) is 0 Å². The molecule has 5 nitrogen and oxygen atoms in total. The largest absolute Gasteiger partial charge is 0.396 e. The second-order valence-electron chi connectivity index (χ2n) is 3.51. The molecule has 0 saturated carbocycles. The van der Waals surface area contributed by atoms with Crippen molar-refractivity contribution in [2.75, 3.05) is 13.2 Å². The summed E-state index contributed by atoms with van der Waals surface area (Å²) in [6.45, 7) is 0.569. The molecule has 1 amide bonds. The molecule has 16 heavy (non-hydrogen) atoms. The second-order valence-corrected chi connectivity index (χ2v) is 3.51. The molecule has 1 aromatic carbocycles. The first kappa shape index (κ1) is 10.6. The number of hydrogen-bond donors (Lipinski definition) is 3. The zero-order chi connectivity index (χ0) is 11.4. The van der Waals surface area contributed by atoms with Crippen LogP contribution in [0.5, 0.6) is 0 Å². The predicted octanol–water partition coefficient (Wildman–Crippen LogP) is 0.675. The van der Waals surface area contributed by atoms with Gasteiger partial charge in [0.25, 0.3) is 5.91 Å². The van der Waals surface area contributed by atoms with Crippen LogP contribution in [0, 0.1) is 0 Å². The number of nitrogens with zero attached hydrogens (tertiary/aromatic N) is 1. The normalized spacial score (nSPS) is 10.6. The maximum absolute atomic E-state index is 11.7. The van der Waals surface area contributed by atoms with E-state index in [2.05, 4.69) is 15.5 Å². The molecule has 0 aliphatic rings. The summed E-state index contributed by atoms with van der Waals surface area (Å²) < 4.78 is 0. The Balaban J connectivity index is 2.10. The number of carbonyl (C=O) groups is 1. The number of aliphatic hydroxyl groups excluding tert-OH is 1. The lowest BCUT2D eigenvalue weighted by Crippen LogP contribution is -2.24. The first-order valence-corrected chi connectivity index (χ1v) is 5.13. The van der Waals surface area contributed by atoms with Gasteiger partial charge in [0.1, 0.15) is 0 Å². The highest BCUT2D eigenvalue weighted by Gasteiger charge is 2.05. The van der Waals surface area contributed by atoms with Gasteiger partial charge >= 0.3 is 0 Å². The van der Waals surface area contributed by atoms with Crippen LogP contribution in [-0.2, 0) is 0 Å². The number of amides is 1. The standard InChI is InChI=1S/C11H13N3O2/c15-5-1-4-12-11(16)8-2-3-10-9(6-8)7-13-14-10/h2-3,6-7,15H,1,4-5H2,(H,12,16)(H,13,14). The van der Waals surface area contributed by atoms with Gasteiger partial charge in [-0.15, -0.1) is 0 Å². The minimum atomic E-state index is -0.128. The zero-order valence-electron chi connectivity index (χ0n) is 8.73. The molecule has 0 unspecified atom stereocenters. The van der Waals surface area contributed by atoms with E-state index in [-0.39, 0.29) is 12.5 Å². The molecule has 0 saturated heterocycles. The molecular formula is C11H13N3O2. The highest BCUT2D eigenvalue weighted by molar-refractivity contribution is 5.97. The van der Waals surface area contributed by atoms with E-state index >= 15 is 0 Å². The Labute approximate surface area is 92.5 Å². The van der Waals surface area contributed by atoms with Gasteiger partial charge in [-0.1, -0.05) is 0 Å². The molecule has 0 spiro atoms. The molecule has 0 radical (unpaired) electrons. The van der Waals surface area contributed by atoms with Crippen molar-refractivity contribution in [2.24, 2.45) is 0 Å². The third-order valence-electron chi connectivity index (χ3n) is 2.32. The van der Waals surface area contributed by atoms with Crippen LogP contribution in [0.3, 0.4) is 0 Å². The van der Waals surface area contributed by atoms with Crippen molar-refractivity contribution in [3.63, 3.8) is 0 Å². The molecule has 84 valence electrons. The van der Waals surface area contributed by atoms with Crippen molar-refractivity contribution >= 4 is 16.8 Å². The van der Waals surface area contributed by atoms with Gasteiger partial charge in [-0.05, 0) is 24.6 Å². The Morgan fingerprint density at radius 2 is 2.38 bits per heavy atom. The summed E-state index contributed by atoms with van der Waals surface area (Å²) in [5.41, 5.74) is 1.51. The van der Waals surface area contributed by atoms with Gasteiger partial charge in [-0.2, -0.15) is 5.10 Å². The fraction of sp³-hybridized carbons (Fsp3) is 0.273. The minimum absolute atomic E-state index is 0.0844. The lowest BCUT2D eigenvalue weighted by Gasteiger charge is -2.03. The highest BCUT2D eigenvalue weighted by Crippen LogP contribution is 2.12. The number of H-pyrrole nitrogens is 1. The van der Waals surface area contributed by atoms with Gasteiger partial charge < -0.3 is 10.4 Å². The average molecular weight is 219 g/mol. The topological polar surface area (TPSA) is 78.0 Å². The molecule has 0 atom stereocenters. The monoisotopic (exact) mass is 219 g/mol. The van der Waals surface area contributed by atoms with E-state index in [4.69, 9.17) is 5.11 Å². The van der Waals surface area contributed by atoms with Gasteiger partial charge in [0.15, 0.2) is 0 Å². The number of hydrogen-bond acceptors (Lipinski definition) is 3. The quantitative estimate of drug-likeness (QED) is 0.661. The molecule has 0 fully saturated rings. The SMILES string of the molecule is O=C(NCCCO)c1ccc2[nH]ncc2c1. The van der Waals surface area contributed by atoms with Gasteiger partial charge in [-0.25, -0.2) is 0 Å². The van der Waals surface area contributed by atoms with Crippen LogP contribution in [0.4, 0.5) is 0 Å². The number of fused-ring (bicyclic) bond motifs is 1. The van der Waals surface area contributed by atoms with Crippen LogP contribution in [0.2, 0.25) is 0 Å². The molecule has 3 N–H and O–H groups in total. The molecular weight excluding hydrogens is 206 g/mol. The van der Waals surface area contributed by atoms with Gasteiger partial charge in [0.05, 0.1) is 11.7 Å². The summed E-state index contributed by atoms with van der Waals surface area (Å²) in [4.78, 5) is 11.7. The highest BCUT2D eigenvalue weighted by atomic mass is 16.3. The van der Waals surface area contributed by atoms with Crippen LogP contribution >= 0.6 is 0 Å². The molecule has 1 heterocycles. The van der Waals surface area contributed by atoms with E-state index in [1.807, 2.05) is 6.07 Å². The van der Waals surface area contributed by atoms with E-state index < -0.39 is 0 Å². The van der Waals surface area contributed by atoms with Crippen molar-refractivity contribution in [1.82, 2.24) is 15.5 Å². The fourth-order valence-electron chi connectivity index (χ4n) is 1.47. The minimum Gasteiger partial charge on any atom is -0.396 e. The number of nitrogens with one attached hydrogen (secondary N) is 2. The summed E-state index contributed by atoms with van der Waals surface area (Å²) in [6.07, 6.45) is 2.25. The first-order valence-electron chi connectivity index (χ1n) is 5.13. The number of benzene rings is 1. The summed E-state index contributed by atoms with van der Waals surface area (Å²) >= 11 is 0. The fourth-order valence-corrected chi connectivity index (χ4v) is 1.47. The smallest absolute Gasteiger partial charge is 0.251 e. The second kappa shape index (κ2) is 4.76. The molecule has 2 aromatic rings. The number of carbonyl (C=O) groups excluding carboxylic acids is 1. The number of rotatable bonds is 4. The van der Waals surface area contributed by atoms with Crippen LogP contribution in [-0.4, -0.2) is 34.4 Å². The maximum atomic E-state index is 11.7. The zero-order valence-corrected chi connectivity index (χ0v) is 8.73. The van der Waals surface area contributed by atoms with Crippen molar-refractivity contribution in [3.05, 3.63) is 30.0 Å². The van der Waals surface area contributed by atoms with Gasteiger partial charge in [-0.3, -0.25) is 9.89 Å². The Morgan fingerprint density at radius 3 is 3.19 bits per heavy atom. The van der Waals surface area contributed by atoms with Crippen LogP contribution < -0.4 is 5.32 Å². The molecule has 0 aliphatic carbocycles. The van der Waals surface area contributed by atoms with Crippen molar-refractivity contribution in [1.29, 1.82) is 0 Å². The van der Waals surface area contributed by atoms with Crippen molar-refractivity contribution in [3.8, 4) is 0 Å². The summed E-state index contributed by atoms with van der Waals surface area (Å²) in [6, 6.07) is 5.35. The number of aromatic amines is 1. The molecule has 0 aliphatic heterocycles. The van der Waals surface area contributed by atoms with E-state index in [0.717, 1.165) is 10.9 Å². The maximum Gasteiger partial charge on any atom is 0.251 e. The average Bonchev–Trinajstić information content (AvgIpc) is 2.76. The van der Waals surface area contributed by atoms with Crippen molar-refractivity contribution in [2.45, 2.75) is 6.42 Å². The van der Waals surface area contributed by atoms with Crippen LogP contribution in [0.25, 0.3) is 10.9 Å². The van der Waals surface area contributed by atoms with Crippen molar-refractivity contribution < 1.29 is 9.90 Å². The summed E-state index contributed by atoms with van der Waals surface area (Å²) in [5.74, 6) is -0.128. The van der Waals surface area contributed by atoms with Gasteiger partial charge in [0, 0.05) is 24.1 Å². The predicted molar refractivity (Wildman–Crippen MR) is 60.1 cm³/mol.